The Hall–Kier alpha value is -2.36. The lowest BCUT2D eigenvalue weighted by Gasteiger charge is -2.19. The minimum atomic E-state index is -5.01. The van der Waals surface area contributed by atoms with E-state index >= 15 is 0 Å². The highest BCUT2D eigenvalue weighted by Crippen LogP contribution is 2.41. The summed E-state index contributed by atoms with van der Waals surface area (Å²) >= 11 is 0. The predicted molar refractivity (Wildman–Crippen MR) is 103 cm³/mol. The summed E-state index contributed by atoms with van der Waals surface area (Å²) in [7, 11) is 0. The highest BCUT2D eigenvalue weighted by Gasteiger charge is 2.42. The van der Waals surface area contributed by atoms with Gasteiger partial charge < -0.3 is 10.2 Å². The molecule has 0 aliphatic heterocycles. The van der Waals surface area contributed by atoms with E-state index in [2.05, 4.69) is 0 Å². The van der Waals surface area contributed by atoms with Gasteiger partial charge >= 0.3 is 18.3 Å². The van der Waals surface area contributed by atoms with Crippen LogP contribution < -0.4 is 0 Å². The molecule has 0 saturated heterocycles. The molecule has 3 atom stereocenters. The highest BCUT2D eigenvalue weighted by atomic mass is 19.4. The molecule has 32 heavy (non-hydrogen) atoms. The van der Waals surface area contributed by atoms with Crippen molar-refractivity contribution in [1.82, 2.24) is 0 Å². The lowest BCUT2D eigenvalue weighted by Crippen LogP contribution is -2.19. The van der Waals surface area contributed by atoms with Crippen LogP contribution in [0.4, 0.5) is 26.3 Å². The van der Waals surface area contributed by atoms with Crippen LogP contribution >= 0.6 is 0 Å². The summed E-state index contributed by atoms with van der Waals surface area (Å²) in [6, 6.07) is 1.80. The van der Waals surface area contributed by atoms with Gasteiger partial charge in [-0.25, -0.2) is 0 Å². The number of carboxylic acid groups (broad SMARTS) is 1. The third-order valence-corrected chi connectivity index (χ3v) is 5.59. The Labute approximate surface area is 180 Å². The summed E-state index contributed by atoms with van der Waals surface area (Å²) in [6.45, 7) is 0. The van der Waals surface area contributed by atoms with Gasteiger partial charge in [0.1, 0.15) is 5.78 Å². The molecule has 0 aromatic heterocycles. The van der Waals surface area contributed by atoms with E-state index in [0.29, 0.717) is 56.4 Å². The summed E-state index contributed by atoms with van der Waals surface area (Å²) in [5.41, 5.74) is -3.94. The van der Waals surface area contributed by atoms with E-state index in [1.54, 1.807) is 0 Å². The third kappa shape index (κ3) is 6.82. The van der Waals surface area contributed by atoms with Gasteiger partial charge in [0.25, 0.3) is 0 Å². The van der Waals surface area contributed by atoms with Gasteiger partial charge in [0.2, 0.25) is 0 Å². The van der Waals surface area contributed by atoms with E-state index < -0.39 is 53.0 Å². The second-order valence-electron chi connectivity index (χ2n) is 7.89. The van der Waals surface area contributed by atoms with Gasteiger partial charge in [-0.05, 0) is 30.5 Å². The summed E-state index contributed by atoms with van der Waals surface area (Å²) in [4.78, 5) is 22.7. The van der Waals surface area contributed by atoms with Crippen LogP contribution in [-0.4, -0.2) is 28.1 Å². The topological polar surface area (TPSA) is 74.6 Å². The molecular weight excluding hydrogens is 442 g/mol. The first-order valence-corrected chi connectivity index (χ1v) is 10.2. The smallest absolute Gasteiger partial charge is 0.417 e. The molecule has 3 unspecified atom stereocenters. The van der Waals surface area contributed by atoms with Crippen LogP contribution in [0.15, 0.2) is 24.3 Å². The van der Waals surface area contributed by atoms with Crippen molar-refractivity contribution in [3.05, 3.63) is 41.0 Å². The zero-order valence-corrected chi connectivity index (χ0v) is 17.0. The van der Waals surface area contributed by atoms with E-state index in [1.807, 2.05) is 0 Å². The zero-order valence-electron chi connectivity index (χ0n) is 17.0. The monoisotopic (exact) mass is 466 g/mol. The Morgan fingerprint density at radius 3 is 2.09 bits per heavy atom. The van der Waals surface area contributed by atoms with E-state index in [1.165, 1.54) is 0 Å². The number of unbranched alkanes of at least 4 members (excludes halogenated alkanes) is 3. The van der Waals surface area contributed by atoms with Gasteiger partial charge in [0.15, 0.2) is 0 Å². The number of hydrogen-bond donors (Lipinski definition) is 2. The minimum Gasteiger partial charge on any atom is -0.481 e. The lowest BCUT2D eigenvalue weighted by molar-refractivity contribution is -0.143. The van der Waals surface area contributed by atoms with Crippen molar-refractivity contribution in [3.8, 4) is 0 Å². The lowest BCUT2D eigenvalue weighted by atomic mass is 9.87. The average molecular weight is 466 g/mol. The molecule has 1 fully saturated rings. The molecule has 178 valence electrons. The number of rotatable bonds is 9. The highest BCUT2D eigenvalue weighted by molar-refractivity contribution is 5.85. The molecular formula is C22H24F6O4. The molecule has 0 heterocycles. The second-order valence-corrected chi connectivity index (χ2v) is 7.89. The minimum absolute atomic E-state index is 0.0204. The Bertz CT molecular complexity index is 812. The maximum Gasteiger partial charge on any atom is 0.417 e. The predicted octanol–water partition coefficient (Wildman–Crippen LogP) is 5.73. The van der Waals surface area contributed by atoms with Crippen molar-refractivity contribution < 1.29 is 46.1 Å². The van der Waals surface area contributed by atoms with Gasteiger partial charge in [0, 0.05) is 24.7 Å². The largest absolute Gasteiger partial charge is 0.481 e. The SMILES string of the molecule is O=C(O)CCCCCCC1C(=O)CC(O)C1C=Cc1c(C(F)(F)F)cccc1C(F)(F)F. The first-order valence-electron chi connectivity index (χ1n) is 10.2. The fraction of sp³-hybridized carbons (Fsp3) is 0.545. The molecule has 2 rings (SSSR count). The third-order valence-electron chi connectivity index (χ3n) is 5.59. The van der Waals surface area contributed by atoms with Crippen LogP contribution in [0.2, 0.25) is 0 Å². The number of alkyl halides is 6. The molecule has 0 amide bonds. The number of aliphatic hydroxyl groups is 1. The normalized spacial score (nSPS) is 22.1. The summed E-state index contributed by atoms with van der Waals surface area (Å²) in [5, 5.41) is 18.8. The fourth-order valence-corrected chi connectivity index (χ4v) is 4.03. The molecule has 2 N–H and O–H groups in total. The van der Waals surface area contributed by atoms with Crippen molar-refractivity contribution in [2.24, 2.45) is 11.8 Å². The number of ketones is 1. The quantitative estimate of drug-likeness (QED) is 0.360. The zero-order chi connectivity index (χ0) is 24.1. The van der Waals surface area contributed by atoms with Crippen LogP contribution in [0.25, 0.3) is 6.08 Å². The number of aliphatic hydroxyl groups excluding tert-OH is 1. The fourth-order valence-electron chi connectivity index (χ4n) is 4.03. The molecule has 10 heteroatoms. The van der Waals surface area contributed by atoms with Crippen molar-refractivity contribution in [1.29, 1.82) is 0 Å². The molecule has 0 bridgehead atoms. The van der Waals surface area contributed by atoms with Gasteiger partial charge in [-0.3, -0.25) is 9.59 Å². The summed E-state index contributed by atoms with van der Waals surface area (Å²) in [5.74, 6) is -2.82. The Morgan fingerprint density at radius 2 is 1.56 bits per heavy atom. The number of Topliss-reactive ketones (excluding diaryl/α,β-unsaturated/α-hetero) is 1. The molecule has 1 aromatic rings. The van der Waals surface area contributed by atoms with Gasteiger partial charge in [-0.2, -0.15) is 26.3 Å². The Morgan fingerprint density at radius 1 is 1.00 bits per heavy atom. The average Bonchev–Trinajstić information content (AvgIpc) is 2.93. The van der Waals surface area contributed by atoms with Gasteiger partial charge in [0.05, 0.1) is 17.2 Å². The molecule has 0 spiro atoms. The Balaban J connectivity index is 2.21. The maximum absolute atomic E-state index is 13.3. The van der Waals surface area contributed by atoms with Crippen molar-refractivity contribution in [2.75, 3.05) is 0 Å². The molecule has 1 aromatic carbocycles. The van der Waals surface area contributed by atoms with Crippen molar-refractivity contribution in [2.45, 2.75) is 63.4 Å². The van der Waals surface area contributed by atoms with Gasteiger partial charge in [-0.15, -0.1) is 0 Å². The number of carbonyl (C=O) groups is 2. The van der Waals surface area contributed by atoms with Gasteiger partial charge in [-0.1, -0.05) is 37.5 Å². The first-order chi connectivity index (χ1) is 14.8. The number of carbonyl (C=O) groups excluding carboxylic acids is 1. The van der Waals surface area contributed by atoms with E-state index in [-0.39, 0.29) is 18.6 Å². The van der Waals surface area contributed by atoms with Crippen LogP contribution in [0.1, 0.15) is 61.6 Å². The molecule has 4 nitrogen and oxygen atoms in total. The van der Waals surface area contributed by atoms with E-state index in [0.717, 1.165) is 6.08 Å². The number of carboxylic acids is 1. The summed E-state index contributed by atoms with van der Waals surface area (Å²) in [6.07, 6.45) is -7.09. The maximum atomic E-state index is 13.3. The van der Waals surface area contributed by atoms with Crippen molar-refractivity contribution in [3.63, 3.8) is 0 Å². The van der Waals surface area contributed by atoms with Crippen LogP contribution in [0, 0.1) is 11.8 Å². The van der Waals surface area contributed by atoms with E-state index in [9.17, 15) is 41.0 Å². The van der Waals surface area contributed by atoms with Crippen LogP contribution in [-0.2, 0) is 21.9 Å². The molecule has 1 aliphatic rings. The number of hydrogen-bond acceptors (Lipinski definition) is 3. The van der Waals surface area contributed by atoms with Crippen molar-refractivity contribution >= 4 is 17.8 Å². The van der Waals surface area contributed by atoms with E-state index in [4.69, 9.17) is 5.11 Å². The molecule has 0 radical (unpaired) electrons. The first kappa shape index (κ1) is 25.9. The number of benzene rings is 1. The van der Waals surface area contributed by atoms with Crippen LogP contribution in [0.5, 0.6) is 0 Å². The number of aliphatic carboxylic acids is 1. The Kier molecular flexibility index (Phi) is 8.50. The standard InChI is InChI=1S/C22H24F6O4/c23-21(24,25)16-7-5-8-17(22(26,27)28)15(16)11-10-14-13(18(29)12-19(14)30)6-3-1-2-4-9-20(31)32/h5,7-8,10-11,13-14,19,30H,1-4,6,9,12H2,(H,31,32). The molecule has 1 saturated carbocycles. The summed E-state index contributed by atoms with van der Waals surface area (Å²) < 4.78 is 79.9. The van der Waals surface area contributed by atoms with Crippen LogP contribution in [0.3, 0.4) is 0 Å². The number of halogens is 6. The molecule has 1 aliphatic carbocycles. The second kappa shape index (κ2) is 10.5.